The molecular weight excluding hydrogens is 393 g/mol. The Morgan fingerprint density at radius 2 is 2.21 bits per heavy atom. The smallest absolute Gasteiger partial charge is 0.486 e. The monoisotopic (exact) mass is 418 g/mol. The van der Waals surface area contributed by atoms with Crippen molar-refractivity contribution < 1.29 is 36.7 Å². The van der Waals surface area contributed by atoms with Crippen molar-refractivity contribution in [3.8, 4) is 0 Å². The van der Waals surface area contributed by atoms with E-state index in [9.17, 15) is 18.0 Å². The van der Waals surface area contributed by atoms with E-state index in [4.69, 9.17) is 14.0 Å². The lowest BCUT2D eigenvalue weighted by Crippen LogP contribution is -2.18. The van der Waals surface area contributed by atoms with Gasteiger partial charge in [0.2, 0.25) is 0 Å². The number of allylic oxidation sites excluding steroid dienone is 3. The van der Waals surface area contributed by atoms with Crippen LogP contribution in [0.25, 0.3) is 0 Å². The van der Waals surface area contributed by atoms with Crippen molar-refractivity contribution in [2.45, 2.75) is 26.3 Å². The fraction of sp³-hybridized carbons (Fsp3) is 0.474. The van der Waals surface area contributed by atoms with Crippen LogP contribution < -0.4 is 5.32 Å². The van der Waals surface area contributed by atoms with Gasteiger partial charge in [0.25, 0.3) is 0 Å². The van der Waals surface area contributed by atoms with Crippen LogP contribution in [0, 0.1) is 5.92 Å². The lowest BCUT2D eigenvalue weighted by atomic mass is 10.1. The van der Waals surface area contributed by atoms with Crippen LogP contribution in [-0.4, -0.2) is 44.6 Å². The van der Waals surface area contributed by atoms with Crippen molar-refractivity contribution in [3.63, 3.8) is 0 Å². The van der Waals surface area contributed by atoms with Gasteiger partial charge in [0, 0.05) is 12.7 Å². The molecule has 1 fully saturated rings. The van der Waals surface area contributed by atoms with Crippen molar-refractivity contribution in [1.82, 2.24) is 10.5 Å². The molecule has 1 unspecified atom stereocenters. The molecule has 2 heterocycles. The third kappa shape index (κ3) is 11.1. The second-order valence-electron chi connectivity index (χ2n) is 5.95. The Kier molecular flexibility index (Phi) is 10.8. The predicted octanol–water partition coefficient (Wildman–Crippen LogP) is 3.76. The number of carbonyl (C=O) groups is 1. The maximum absolute atomic E-state index is 12.0. The highest BCUT2D eigenvalue weighted by molar-refractivity contribution is 5.71. The molecule has 10 heteroatoms. The van der Waals surface area contributed by atoms with Gasteiger partial charge in [-0.05, 0) is 51.1 Å². The molecule has 29 heavy (non-hydrogen) atoms. The number of hydrogen-bond donors (Lipinski definition) is 1. The van der Waals surface area contributed by atoms with Crippen LogP contribution in [0.2, 0.25) is 0 Å². The summed E-state index contributed by atoms with van der Waals surface area (Å²) in [6.07, 6.45) is 0.393. The Balaban J connectivity index is 0.000000436. The molecule has 1 aliphatic heterocycles. The summed E-state index contributed by atoms with van der Waals surface area (Å²) >= 11 is 0. The molecule has 1 saturated heterocycles. The van der Waals surface area contributed by atoms with Gasteiger partial charge < -0.3 is 24.1 Å². The van der Waals surface area contributed by atoms with E-state index >= 15 is 0 Å². The molecule has 1 atom stereocenters. The zero-order valence-electron chi connectivity index (χ0n) is 16.3. The van der Waals surface area contributed by atoms with Crippen LogP contribution >= 0.6 is 0 Å². The molecule has 162 valence electrons. The minimum atomic E-state index is -4.76. The minimum Gasteiger partial charge on any atom is -0.486 e. The lowest BCUT2D eigenvalue weighted by Gasteiger charge is -2.09. The molecular formula is C19H25F3N2O5. The summed E-state index contributed by atoms with van der Waals surface area (Å²) in [4.78, 5) is 10.4. The van der Waals surface area contributed by atoms with Crippen LogP contribution in [0.5, 0.6) is 0 Å². The normalized spacial score (nSPS) is 17.0. The van der Waals surface area contributed by atoms with Gasteiger partial charge in [-0.15, -0.1) is 13.2 Å². The van der Waals surface area contributed by atoms with Crippen molar-refractivity contribution in [2.75, 3.05) is 26.8 Å². The molecule has 0 radical (unpaired) electrons. The Labute approximate surface area is 167 Å². The van der Waals surface area contributed by atoms with Gasteiger partial charge in [-0.25, -0.2) is 0 Å². The Hall–Kier alpha value is -2.59. The van der Waals surface area contributed by atoms with Gasteiger partial charge in [-0.2, -0.15) is 0 Å². The quantitative estimate of drug-likeness (QED) is 0.371. The summed E-state index contributed by atoms with van der Waals surface area (Å²) in [7, 11) is 1.98. The van der Waals surface area contributed by atoms with Gasteiger partial charge in [0.05, 0.1) is 6.61 Å². The van der Waals surface area contributed by atoms with E-state index in [-0.39, 0.29) is 23.8 Å². The molecule has 7 nitrogen and oxygen atoms in total. The van der Waals surface area contributed by atoms with E-state index in [1.54, 1.807) is 0 Å². The molecule has 1 aliphatic rings. The molecule has 1 aromatic rings. The standard InChI is InChI=1S/C13H12F3NO4.C6H13NO/c1-3-11(20-13(14,15)16)5-4-9(2)19-8-12-6-10(7-18)17-21-12;1-7-4-6-2-3-8-5-6/h3-7H,2,8H2,1H3;6-7H,2-5H2,1H3/b5-4-,11-3+;. The zero-order valence-corrected chi connectivity index (χ0v) is 16.3. The van der Waals surface area contributed by atoms with E-state index < -0.39 is 12.1 Å². The molecule has 0 saturated carbocycles. The van der Waals surface area contributed by atoms with E-state index in [1.165, 1.54) is 25.5 Å². The molecule has 0 bridgehead atoms. The third-order valence-corrected chi connectivity index (χ3v) is 3.57. The Morgan fingerprint density at radius 1 is 1.45 bits per heavy atom. The highest BCUT2D eigenvalue weighted by atomic mass is 19.4. The highest BCUT2D eigenvalue weighted by Crippen LogP contribution is 2.21. The van der Waals surface area contributed by atoms with Crippen LogP contribution in [0.1, 0.15) is 29.6 Å². The van der Waals surface area contributed by atoms with Crippen molar-refractivity contribution in [2.24, 2.45) is 5.92 Å². The Morgan fingerprint density at radius 3 is 2.72 bits per heavy atom. The summed E-state index contributed by atoms with van der Waals surface area (Å²) < 4.78 is 54.8. The molecule has 0 aliphatic carbocycles. The second kappa shape index (κ2) is 12.8. The van der Waals surface area contributed by atoms with Crippen LogP contribution in [0.3, 0.4) is 0 Å². The molecule has 0 spiro atoms. The average molecular weight is 418 g/mol. The number of nitrogens with one attached hydrogen (secondary N) is 1. The summed E-state index contributed by atoms with van der Waals surface area (Å²) in [5.41, 5.74) is 0.115. The van der Waals surface area contributed by atoms with Crippen molar-refractivity contribution in [1.29, 1.82) is 0 Å². The Bertz CT molecular complexity index is 692. The molecule has 0 amide bonds. The number of ether oxygens (including phenoxy) is 3. The predicted molar refractivity (Wildman–Crippen MR) is 98.7 cm³/mol. The molecule has 1 N–H and O–H groups in total. The second-order valence-corrected chi connectivity index (χ2v) is 5.95. The number of carbonyl (C=O) groups excluding carboxylic acids is 1. The number of aldehydes is 1. The fourth-order valence-corrected chi connectivity index (χ4v) is 2.20. The van der Waals surface area contributed by atoms with E-state index in [0.717, 1.165) is 37.8 Å². The van der Waals surface area contributed by atoms with Crippen molar-refractivity contribution in [3.05, 3.63) is 53.8 Å². The van der Waals surface area contributed by atoms with Gasteiger partial charge in [-0.1, -0.05) is 11.7 Å². The number of halogens is 3. The first kappa shape index (κ1) is 24.4. The summed E-state index contributed by atoms with van der Waals surface area (Å²) in [5.74, 6) is 0.754. The number of aromatic nitrogens is 1. The third-order valence-electron chi connectivity index (χ3n) is 3.57. The average Bonchev–Trinajstić information content (AvgIpc) is 3.35. The SMILES string of the molecule is C=C(/C=C\C(=C/C)OC(F)(F)F)OCc1cc(C=O)no1.CNCC1CCOC1. The summed E-state index contributed by atoms with van der Waals surface area (Å²) in [5, 5.41) is 6.55. The van der Waals surface area contributed by atoms with Crippen LogP contribution in [0.15, 0.2) is 46.9 Å². The van der Waals surface area contributed by atoms with Gasteiger partial charge in [-0.3, -0.25) is 4.79 Å². The zero-order chi connectivity index (χ0) is 21.7. The summed E-state index contributed by atoms with van der Waals surface area (Å²) in [6, 6.07) is 1.37. The minimum absolute atomic E-state index is 0.0602. The first-order chi connectivity index (χ1) is 13.8. The van der Waals surface area contributed by atoms with E-state index in [0.29, 0.717) is 6.29 Å². The number of alkyl halides is 3. The maximum atomic E-state index is 12.0. The van der Waals surface area contributed by atoms with E-state index in [1.807, 2.05) is 7.05 Å². The van der Waals surface area contributed by atoms with E-state index in [2.05, 4.69) is 21.8 Å². The lowest BCUT2D eigenvalue weighted by molar-refractivity contribution is -0.303. The molecule has 0 aromatic carbocycles. The van der Waals surface area contributed by atoms with Crippen molar-refractivity contribution >= 4 is 6.29 Å². The first-order valence-corrected chi connectivity index (χ1v) is 8.82. The highest BCUT2D eigenvalue weighted by Gasteiger charge is 2.31. The van der Waals surface area contributed by atoms with Gasteiger partial charge >= 0.3 is 6.36 Å². The molecule has 1 aromatic heterocycles. The van der Waals surface area contributed by atoms with Crippen LogP contribution in [-0.2, 0) is 20.8 Å². The number of hydrogen-bond acceptors (Lipinski definition) is 7. The number of rotatable bonds is 9. The first-order valence-electron chi connectivity index (χ1n) is 8.82. The fourth-order valence-electron chi connectivity index (χ4n) is 2.20. The topological polar surface area (TPSA) is 82.8 Å². The van der Waals surface area contributed by atoms with Gasteiger partial charge in [0.15, 0.2) is 12.0 Å². The largest absolute Gasteiger partial charge is 0.573 e. The van der Waals surface area contributed by atoms with Crippen LogP contribution in [0.4, 0.5) is 13.2 Å². The maximum Gasteiger partial charge on any atom is 0.573 e. The number of nitrogens with zero attached hydrogens (tertiary/aromatic N) is 1. The molecule has 2 rings (SSSR count). The summed E-state index contributed by atoms with van der Waals surface area (Å²) in [6.45, 7) is 7.86. The van der Waals surface area contributed by atoms with Gasteiger partial charge in [0.1, 0.15) is 23.8 Å².